The first kappa shape index (κ1) is 25.8. The van der Waals surface area contributed by atoms with Crippen LogP contribution in [-0.4, -0.2) is 42.9 Å². The topological polar surface area (TPSA) is 106 Å². The van der Waals surface area contributed by atoms with Gasteiger partial charge in [-0.25, -0.2) is 13.2 Å². The molecule has 1 atom stereocenters. The molecule has 2 saturated heterocycles. The second-order valence-corrected chi connectivity index (χ2v) is 9.39. The molecule has 3 heterocycles. The molecule has 0 saturated carbocycles. The van der Waals surface area contributed by atoms with Gasteiger partial charge in [0.25, 0.3) is 6.43 Å². The number of amidine groups is 1. The monoisotopic (exact) mass is 503 g/mol. The van der Waals surface area contributed by atoms with Gasteiger partial charge in [-0.05, 0) is 43.8 Å². The fourth-order valence-corrected chi connectivity index (χ4v) is 4.84. The molecule has 2 fully saturated rings. The predicted octanol–water partition coefficient (Wildman–Crippen LogP) is 3.50. The van der Waals surface area contributed by atoms with Crippen LogP contribution in [0.5, 0.6) is 0 Å². The Morgan fingerprint density at radius 3 is 2.64 bits per heavy atom. The van der Waals surface area contributed by atoms with Crippen LogP contribution >= 0.6 is 0 Å². The molecule has 1 unspecified atom stereocenters. The molecule has 0 bridgehead atoms. The van der Waals surface area contributed by atoms with Crippen LogP contribution in [0.25, 0.3) is 0 Å². The van der Waals surface area contributed by atoms with E-state index in [9.17, 15) is 18.0 Å². The minimum atomic E-state index is -2.91. The number of nitrogens with zero attached hydrogens (tertiary/aromatic N) is 2. The highest BCUT2D eigenvalue weighted by atomic mass is 19.3. The smallest absolute Gasteiger partial charge is 0.266 e. The molecule has 36 heavy (non-hydrogen) atoms. The van der Waals surface area contributed by atoms with Crippen molar-refractivity contribution in [2.75, 3.05) is 26.3 Å². The van der Waals surface area contributed by atoms with Gasteiger partial charge in [0.05, 0.1) is 30.3 Å². The predicted molar refractivity (Wildman–Crippen MR) is 131 cm³/mol. The lowest BCUT2D eigenvalue weighted by molar-refractivity contribution is -0.136. The fraction of sp³-hybridized carbons (Fsp3) is 0.462. The average molecular weight is 504 g/mol. The lowest BCUT2D eigenvalue weighted by atomic mass is 9.86. The molecule has 1 aromatic rings. The quantitative estimate of drug-likeness (QED) is 0.407. The van der Waals surface area contributed by atoms with Gasteiger partial charge in [-0.3, -0.25) is 9.79 Å². The first-order chi connectivity index (χ1) is 17.3. The summed E-state index contributed by atoms with van der Waals surface area (Å²) < 4.78 is 45.8. The summed E-state index contributed by atoms with van der Waals surface area (Å²) >= 11 is 0. The van der Waals surface area contributed by atoms with Crippen molar-refractivity contribution < 1.29 is 22.7 Å². The largest absolute Gasteiger partial charge is 0.401 e. The molecule has 1 amide bonds. The Morgan fingerprint density at radius 2 is 2.00 bits per heavy atom. The van der Waals surface area contributed by atoms with E-state index in [0.717, 1.165) is 30.9 Å². The van der Waals surface area contributed by atoms with E-state index in [0.29, 0.717) is 43.3 Å². The number of aliphatic imine (C=N–C) groups is 1. The first-order valence-electron chi connectivity index (χ1n) is 12.1. The Balaban J connectivity index is 1.48. The maximum absolute atomic E-state index is 14.4. The molecule has 0 spiro atoms. The van der Waals surface area contributed by atoms with Crippen LogP contribution in [0, 0.1) is 17.7 Å². The lowest BCUT2D eigenvalue weighted by Crippen LogP contribution is -2.42. The van der Waals surface area contributed by atoms with Crippen LogP contribution in [0.4, 0.5) is 13.2 Å². The van der Waals surface area contributed by atoms with E-state index in [4.69, 9.17) is 16.2 Å². The number of piperidine rings is 1. The normalized spacial score (nSPS) is 22.9. The van der Waals surface area contributed by atoms with Crippen molar-refractivity contribution >= 4 is 11.7 Å². The summed E-state index contributed by atoms with van der Waals surface area (Å²) in [6.45, 7) is 4.03. The molecule has 3 aliphatic heterocycles. The van der Waals surface area contributed by atoms with E-state index < -0.39 is 17.8 Å². The minimum absolute atomic E-state index is 0.0360. The zero-order chi connectivity index (χ0) is 25.8. The molecule has 5 N–H and O–H groups in total. The zero-order valence-corrected chi connectivity index (χ0v) is 20.3. The Kier molecular flexibility index (Phi) is 8.03. The number of nitrogens with two attached hydrogens (primary N) is 2. The van der Waals surface area contributed by atoms with Crippen LogP contribution in [0.2, 0.25) is 0 Å². The number of benzene rings is 1. The van der Waals surface area contributed by atoms with Crippen LogP contribution in [-0.2, 0) is 16.1 Å². The number of dihydropyridines is 1. The molecule has 0 aliphatic carbocycles. The van der Waals surface area contributed by atoms with E-state index in [2.05, 4.69) is 10.3 Å². The number of ether oxygens (including phenoxy) is 1. The van der Waals surface area contributed by atoms with Gasteiger partial charge in [0.2, 0.25) is 5.91 Å². The molecule has 10 heteroatoms. The molecule has 4 rings (SSSR count). The van der Waals surface area contributed by atoms with Crippen molar-refractivity contribution in [2.45, 2.75) is 39.2 Å². The van der Waals surface area contributed by atoms with Gasteiger partial charge in [0.1, 0.15) is 11.7 Å². The third kappa shape index (κ3) is 5.59. The van der Waals surface area contributed by atoms with E-state index in [1.807, 2.05) is 17.2 Å². The summed E-state index contributed by atoms with van der Waals surface area (Å²) in [6.07, 6.45) is 3.29. The van der Waals surface area contributed by atoms with Crippen LogP contribution in [0.1, 0.15) is 43.7 Å². The first-order valence-corrected chi connectivity index (χ1v) is 12.1. The molecule has 0 radical (unpaired) electrons. The standard InChI is InChI=1S/C26H32F3N5O2/c1-15(30)23-21(25(31)33-12-17-3-2-4-20(22(17)27)24(28)29)11-19(13-32-23)16-5-8-34(9-6-16)26(35)18-7-10-36-14-18/h2-4,11,13,16,18,24,32H,5-10,12,14,30H2,1H3,(H2,31,33)/b23-15+. The van der Waals surface area contributed by atoms with Gasteiger partial charge >= 0.3 is 0 Å². The summed E-state index contributed by atoms with van der Waals surface area (Å²) in [5.41, 5.74) is 14.4. The van der Waals surface area contributed by atoms with Crippen molar-refractivity contribution in [3.63, 3.8) is 0 Å². The second-order valence-electron chi connectivity index (χ2n) is 9.39. The Bertz CT molecular complexity index is 1110. The van der Waals surface area contributed by atoms with Crippen LogP contribution < -0.4 is 16.8 Å². The number of hydrogen-bond acceptors (Lipinski definition) is 5. The molecular formula is C26H32F3N5O2. The van der Waals surface area contributed by atoms with Crippen molar-refractivity contribution in [3.8, 4) is 0 Å². The second kappa shape index (κ2) is 11.2. The van der Waals surface area contributed by atoms with Gasteiger partial charge < -0.3 is 26.4 Å². The van der Waals surface area contributed by atoms with Gasteiger partial charge in [-0.1, -0.05) is 18.2 Å². The Hall–Kier alpha value is -3.27. The Morgan fingerprint density at radius 1 is 1.25 bits per heavy atom. The van der Waals surface area contributed by atoms with E-state index in [1.54, 1.807) is 6.92 Å². The summed E-state index contributed by atoms with van der Waals surface area (Å²) in [4.78, 5) is 18.9. The summed E-state index contributed by atoms with van der Waals surface area (Å²) in [6, 6.07) is 3.84. The van der Waals surface area contributed by atoms with Crippen molar-refractivity contribution in [1.82, 2.24) is 10.2 Å². The highest BCUT2D eigenvalue weighted by molar-refractivity contribution is 6.01. The van der Waals surface area contributed by atoms with Crippen LogP contribution in [0.15, 0.2) is 58.0 Å². The molecule has 3 aliphatic rings. The molecule has 7 nitrogen and oxygen atoms in total. The number of nitrogens with one attached hydrogen (secondary N) is 1. The molecule has 194 valence electrons. The SMILES string of the molecule is C/C(N)=C1\NC=C(C2CCN(C(=O)C3CCOC3)CC2)C=C1C(N)=NCc1cccc(C(F)F)c1F. The summed E-state index contributed by atoms with van der Waals surface area (Å²) in [7, 11) is 0. The fourth-order valence-electron chi connectivity index (χ4n) is 4.84. The maximum Gasteiger partial charge on any atom is 0.266 e. The van der Waals surface area contributed by atoms with Gasteiger partial charge in [-0.15, -0.1) is 0 Å². The van der Waals surface area contributed by atoms with Gasteiger partial charge in [0, 0.05) is 42.7 Å². The number of carbonyl (C=O) groups is 1. The third-order valence-corrected chi connectivity index (χ3v) is 6.95. The maximum atomic E-state index is 14.4. The molecule has 1 aromatic carbocycles. The highest BCUT2D eigenvalue weighted by Crippen LogP contribution is 2.31. The van der Waals surface area contributed by atoms with E-state index >= 15 is 0 Å². The lowest BCUT2D eigenvalue weighted by Gasteiger charge is -2.35. The third-order valence-electron chi connectivity index (χ3n) is 6.95. The van der Waals surface area contributed by atoms with E-state index in [1.165, 1.54) is 12.1 Å². The number of carbonyl (C=O) groups excluding carboxylic acids is 1. The van der Waals surface area contributed by atoms with Gasteiger partial charge in [-0.2, -0.15) is 0 Å². The summed E-state index contributed by atoms with van der Waals surface area (Å²) in [5.74, 6) is -0.503. The average Bonchev–Trinajstić information content (AvgIpc) is 3.42. The number of halogens is 3. The minimum Gasteiger partial charge on any atom is -0.401 e. The number of hydrogen-bond donors (Lipinski definition) is 3. The molecule has 0 aromatic heterocycles. The number of amides is 1. The van der Waals surface area contributed by atoms with Crippen molar-refractivity contribution in [3.05, 3.63) is 70.0 Å². The molecular weight excluding hydrogens is 471 g/mol. The van der Waals surface area contributed by atoms with Crippen molar-refractivity contribution in [2.24, 2.45) is 28.3 Å². The zero-order valence-electron chi connectivity index (χ0n) is 20.3. The highest BCUT2D eigenvalue weighted by Gasteiger charge is 2.32. The van der Waals surface area contributed by atoms with Crippen molar-refractivity contribution in [1.29, 1.82) is 0 Å². The Labute approximate surface area is 208 Å². The number of likely N-dealkylation sites (tertiary alicyclic amines) is 1. The van der Waals surface area contributed by atoms with Gasteiger partial charge in [0.15, 0.2) is 0 Å². The number of rotatable bonds is 6. The summed E-state index contributed by atoms with van der Waals surface area (Å²) in [5, 5.41) is 3.20. The van der Waals surface area contributed by atoms with Crippen LogP contribution in [0.3, 0.4) is 0 Å². The number of alkyl halides is 2. The number of allylic oxidation sites excluding steroid dienone is 3. The van der Waals surface area contributed by atoms with E-state index in [-0.39, 0.29) is 35.7 Å².